The van der Waals surface area contributed by atoms with Crippen molar-refractivity contribution in [3.63, 3.8) is 0 Å². The molecule has 0 saturated carbocycles. The smallest absolute Gasteiger partial charge is 0.140 e. The molecule has 2 heterocycles. The summed E-state index contributed by atoms with van der Waals surface area (Å²) in [5.41, 5.74) is 3.70. The molecule has 4 heteroatoms. The van der Waals surface area contributed by atoms with Gasteiger partial charge in [0.25, 0.3) is 0 Å². The molecule has 0 N–H and O–H groups in total. The molecular weight excluding hydrogens is 265 g/mol. The van der Waals surface area contributed by atoms with Crippen LogP contribution in [0.5, 0.6) is 0 Å². The minimum atomic E-state index is -0.246. The third-order valence-corrected chi connectivity index (χ3v) is 3.73. The van der Waals surface area contributed by atoms with E-state index in [0.29, 0.717) is 0 Å². The van der Waals surface area contributed by atoms with Gasteiger partial charge >= 0.3 is 0 Å². The van der Waals surface area contributed by atoms with E-state index < -0.39 is 0 Å². The Morgan fingerprint density at radius 2 is 1.76 bits per heavy atom. The summed E-state index contributed by atoms with van der Waals surface area (Å²) in [7, 11) is 1.95. The average Bonchev–Trinajstić information content (AvgIpc) is 2.86. The van der Waals surface area contributed by atoms with Gasteiger partial charge in [0.15, 0.2) is 0 Å². The number of nitrogens with zero attached hydrogens (tertiary/aromatic N) is 3. The van der Waals surface area contributed by atoms with Gasteiger partial charge in [0, 0.05) is 18.0 Å². The molecule has 21 heavy (non-hydrogen) atoms. The molecule has 2 aromatic carbocycles. The van der Waals surface area contributed by atoms with Gasteiger partial charge in [-0.25, -0.2) is 9.37 Å². The Morgan fingerprint density at radius 1 is 1.00 bits per heavy atom. The molecule has 4 aromatic rings. The van der Waals surface area contributed by atoms with Gasteiger partial charge in [0.2, 0.25) is 0 Å². The van der Waals surface area contributed by atoms with Crippen molar-refractivity contribution in [3.05, 3.63) is 60.5 Å². The zero-order valence-corrected chi connectivity index (χ0v) is 11.4. The van der Waals surface area contributed by atoms with E-state index in [0.717, 1.165) is 33.3 Å². The van der Waals surface area contributed by atoms with Crippen LogP contribution < -0.4 is 0 Å². The highest BCUT2D eigenvalue weighted by molar-refractivity contribution is 6.03. The lowest BCUT2D eigenvalue weighted by atomic mass is 10.2. The van der Waals surface area contributed by atoms with E-state index in [1.54, 1.807) is 12.1 Å². The normalized spacial score (nSPS) is 11.3. The van der Waals surface area contributed by atoms with Crippen LogP contribution in [0.15, 0.2) is 54.7 Å². The van der Waals surface area contributed by atoms with Gasteiger partial charge in [-0.1, -0.05) is 18.2 Å². The number of hydrogen-bond acceptors (Lipinski definition) is 2. The van der Waals surface area contributed by atoms with Crippen LogP contribution in [0, 0.1) is 5.82 Å². The van der Waals surface area contributed by atoms with E-state index in [1.165, 1.54) is 12.1 Å². The summed E-state index contributed by atoms with van der Waals surface area (Å²) >= 11 is 0. The number of para-hydroxylation sites is 1. The number of pyridine rings is 1. The van der Waals surface area contributed by atoms with Gasteiger partial charge in [-0.15, -0.1) is 0 Å². The molecule has 0 radical (unpaired) electrons. The Balaban J connectivity index is 2.05. The van der Waals surface area contributed by atoms with E-state index in [9.17, 15) is 4.39 Å². The lowest BCUT2D eigenvalue weighted by molar-refractivity contribution is 0.628. The Morgan fingerprint density at radius 3 is 2.57 bits per heavy atom. The highest BCUT2D eigenvalue weighted by Gasteiger charge is 2.12. The van der Waals surface area contributed by atoms with E-state index in [2.05, 4.69) is 4.98 Å². The monoisotopic (exact) mass is 277 g/mol. The molecule has 0 unspecified atom stereocenters. The van der Waals surface area contributed by atoms with Gasteiger partial charge in [0.05, 0.1) is 17.2 Å². The van der Waals surface area contributed by atoms with Gasteiger partial charge < -0.3 is 4.57 Å². The molecule has 2 aromatic heterocycles. The highest BCUT2D eigenvalue weighted by atomic mass is 19.1. The molecule has 4 rings (SSSR count). The summed E-state index contributed by atoms with van der Waals surface area (Å²) in [6, 6.07) is 14.3. The van der Waals surface area contributed by atoms with E-state index in [4.69, 9.17) is 4.98 Å². The average molecular weight is 277 g/mol. The van der Waals surface area contributed by atoms with Crippen molar-refractivity contribution in [2.75, 3.05) is 0 Å². The van der Waals surface area contributed by atoms with E-state index >= 15 is 0 Å². The molecule has 3 nitrogen and oxygen atoms in total. The van der Waals surface area contributed by atoms with Gasteiger partial charge in [-0.05, 0) is 30.3 Å². The molecular formula is C17H12FN3. The third kappa shape index (κ3) is 1.80. The van der Waals surface area contributed by atoms with E-state index in [-0.39, 0.29) is 5.82 Å². The lowest BCUT2D eigenvalue weighted by Crippen LogP contribution is -1.92. The van der Waals surface area contributed by atoms with Crippen molar-refractivity contribution < 1.29 is 4.39 Å². The number of imidazole rings is 1. The quantitative estimate of drug-likeness (QED) is 0.528. The Hall–Kier alpha value is -2.75. The van der Waals surface area contributed by atoms with Crippen LogP contribution >= 0.6 is 0 Å². The van der Waals surface area contributed by atoms with Crippen molar-refractivity contribution in [3.8, 4) is 11.4 Å². The summed E-state index contributed by atoms with van der Waals surface area (Å²) in [6.45, 7) is 0. The Kier molecular flexibility index (Phi) is 2.51. The molecule has 0 atom stereocenters. The standard InChI is InChI=1S/C17H12FN3/c1-21-15-10-19-14-5-3-2-4-13(14)16(15)20-17(21)11-6-8-12(18)9-7-11/h2-10H,1H3. The van der Waals surface area contributed by atoms with Gasteiger partial charge in [0.1, 0.15) is 17.2 Å². The topological polar surface area (TPSA) is 30.7 Å². The SMILES string of the molecule is Cn1c(-c2ccc(F)cc2)nc2c3ccccc3ncc21. The molecule has 0 saturated heterocycles. The maximum atomic E-state index is 13.1. The predicted molar refractivity (Wildman–Crippen MR) is 81.4 cm³/mol. The van der Waals surface area contributed by atoms with Crippen LogP contribution in [0.1, 0.15) is 0 Å². The van der Waals surface area contributed by atoms with Crippen molar-refractivity contribution in [1.82, 2.24) is 14.5 Å². The predicted octanol–water partition coefficient (Wildman–Crippen LogP) is 3.93. The fraction of sp³-hybridized carbons (Fsp3) is 0.0588. The fourth-order valence-corrected chi connectivity index (χ4v) is 2.63. The minimum Gasteiger partial charge on any atom is -0.326 e. The highest BCUT2D eigenvalue weighted by Crippen LogP contribution is 2.27. The van der Waals surface area contributed by atoms with Crippen LogP contribution in [-0.2, 0) is 7.05 Å². The molecule has 0 amide bonds. The first-order chi connectivity index (χ1) is 10.2. The molecule has 0 aliphatic rings. The fourth-order valence-electron chi connectivity index (χ4n) is 2.63. The van der Waals surface area contributed by atoms with Crippen molar-refractivity contribution in [1.29, 1.82) is 0 Å². The number of benzene rings is 2. The second-order valence-corrected chi connectivity index (χ2v) is 5.01. The van der Waals surface area contributed by atoms with Crippen LogP contribution in [0.4, 0.5) is 4.39 Å². The number of hydrogen-bond donors (Lipinski definition) is 0. The molecule has 0 fully saturated rings. The molecule has 0 bridgehead atoms. The number of fused-ring (bicyclic) bond motifs is 3. The number of halogens is 1. The van der Waals surface area contributed by atoms with Crippen LogP contribution in [0.25, 0.3) is 33.3 Å². The number of aryl methyl sites for hydroxylation is 1. The Bertz CT molecular complexity index is 955. The van der Waals surface area contributed by atoms with Crippen molar-refractivity contribution in [2.45, 2.75) is 0 Å². The second kappa shape index (κ2) is 4.38. The summed E-state index contributed by atoms with van der Waals surface area (Å²) in [4.78, 5) is 9.21. The van der Waals surface area contributed by atoms with Crippen LogP contribution in [0.3, 0.4) is 0 Å². The molecule has 0 aliphatic carbocycles. The largest absolute Gasteiger partial charge is 0.326 e. The van der Waals surface area contributed by atoms with Crippen LogP contribution in [-0.4, -0.2) is 14.5 Å². The third-order valence-electron chi connectivity index (χ3n) is 3.73. The summed E-state index contributed by atoms with van der Waals surface area (Å²) in [6.07, 6.45) is 1.83. The van der Waals surface area contributed by atoms with Gasteiger partial charge in [-0.3, -0.25) is 4.98 Å². The zero-order chi connectivity index (χ0) is 14.4. The number of rotatable bonds is 1. The van der Waals surface area contributed by atoms with Crippen molar-refractivity contribution >= 4 is 21.9 Å². The van der Waals surface area contributed by atoms with E-state index in [1.807, 2.05) is 42.1 Å². The second-order valence-electron chi connectivity index (χ2n) is 5.01. The maximum Gasteiger partial charge on any atom is 0.140 e. The van der Waals surface area contributed by atoms with Crippen LogP contribution in [0.2, 0.25) is 0 Å². The summed E-state index contributed by atoms with van der Waals surface area (Å²) in [5.74, 6) is 0.563. The molecule has 0 aliphatic heterocycles. The minimum absolute atomic E-state index is 0.246. The first-order valence-corrected chi connectivity index (χ1v) is 6.70. The summed E-state index contributed by atoms with van der Waals surface area (Å²) < 4.78 is 15.1. The number of aromatic nitrogens is 3. The first kappa shape index (κ1) is 12.0. The molecule has 0 spiro atoms. The lowest BCUT2D eigenvalue weighted by Gasteiger charge is -2.02. The molecule has 102 valence electrons. The zero-order valence-electron chi connectivity index (χ0n) is 11.4. The summed E-state index contributed by atoms with van der Waals surface area (Å²) in [5, 5.41) is 1.03. The maximum absolute atomic E-state index is 13.1. The van der Waals surface area contributed by atoms with Crippen molar-refractivity contribution in [2.24, 2.45) is 7.05 Å². The first-order valence-electron chi connectivity index (χ1n) is 6.70. The Labute approximate surface area is 120 Å². The van der Waals surface area contributed by atoms with Gasteiger partial charge in [-0.2, -0.15) is 0 Å².